The molecule has 0 fully saturated rings. The van der Waals surface area contributed by atoms with Crippen LogP contribution in [0.25, 0.3) is 10.8 Å². The van der Waals surface area contributed by atoms with Crippen molar-refractivity contribution in [2.45, 2.75) is 19.4 Å². The Hall–Kier alpha value is -2.21. The first kappa shape index (κ1) is 11.3. The lowest BCUT2D eigenvalue weighted by atomic mass is 10.1. The molecule has 0 aliphatic carbocycles. The topological polar surface area (TPSA) is 44.9 Å². The molecule has 3 nitrogen and oxygen atoms in total. The van der Waals surface area contributed by atoms with Crippen molar-refractivity contribution in [3.05, 3.63) is 40.7 Å². The Morgan fingerprint density at radius 3 is 2.94 bits per heavy atom. The summed E-state index contributed by atoms with van der Waals surface area (Å²) in [5.74, 6) is 3.30. The molecular formula is C14H14N2O. The second-order valence-electron chi connectivity index (χ2n) is 3.87. The van der Waals surface area contributed by atoms with Crippen LogP contribution in [0.2, 0.25) is 0 Å². The zero-order valence-corrected chi connectivity index (χ0v) is 9.66. The van der Waals surface area contributed by atoms with E-state index in [9.17, 15) is 4.79 Å². The van der Waals surface area contributed by atoms with Crippen LogP contribution in [0.1, 0.15) is 13.3 Å². The van der Waals surface area contributed by atoms with E-state index in [1.54, 1.807) is 6.07 Å². The maximum absolute atomic E-state index is 11.8. The molecule has 2 aromatic rings. The van der Waals surface area contributed by atoms with Crippen LogP contribution in [-0.2, 0) is 0 Å². The first-order valence-corrected chi connectivity index (χ1v) is 5.59. The van der Waals surface area contributed by atoms with Crippen LogP contribution in [0.4, 0.5) is 5.82 Å². The molecule has 2 N–H and O–H groups in total. The fourth-order valence-corrected chi connectivity index (χ4v) is 1.74. The van der Waals surface area contributed by atoms with E-state index in [2.05, 4.69) is 16.2 Å². The number of H-pyrrole nitrogens is 1. The molecule has 0 spiro atoms. The number of pyridine rings is 1. The monoisotopic (exact) mass is 226 g/mol. The molecule has 86 valence electrons. The van der Waals surface area contributed by atoms with Gasteiger partial charge in [0.15, 0.2) is 0 Å². The number of hydrogen-bond donors (Lipinski definition) is 2. The third kappa shape index (κ3) is 2.31. The van der Waals surface area contributed by atoms with Gasteiger partial charge in [-0.2, -0.15) is 0 Å². The average Bonchev–Trinajstić information content (AvgIpc) is 2.36. The first-order chi connectivity index (χ1) is 8.24. The number of benzene rings is 1. The lowest BCUT2D eigenvalue weighted by molar-refractivity contribution is 0.850. The van der Waals surface area contributed by atoms with Gasteiger partial charge in [-0.15, -0.1) is 6.42 Å². The quantitative estimate of drug-likeness (QED) is 0.789. The van der Waals surface area contributed by atoms with Crippen molar-refractivity contribution in [2.24, 2.45) is 0 Å². The Bertz CT molecular complexity index is 622. The molecule has 1 unspecified atom stereocenters. The van der Waals surface area contributed by atoms with E-state index in [4.69, 9.17) is 6.42 Å². The Morgan fingerprint density at radius 1 is 1.47 bits per heavy atom. The highest BCUT2D eigenvalue weighted by molar-refractivity contribution is 5.83. The summed E-state index contributed by atoms with van der Waals surface area (Å²) in [6.45, 7) is 2.00. The number of hydrogen-bond acceptors (Lipinski definition) is 2. The van der Waals surface area contributed by atoms with E-state index >= 15 is 0 Å². The zero-order valence-electron chi connectivity index (χ0n) is 9.66. The summed E-state index contributed by atoms with van der Waals surface area (Å²) < 4.78 is 0. The number of terminal acetylenes is 1. The van der Waals surface area contributed by atoms with Crippen LogP contribution in [0.5, 0.6) is 0 Å². The van der Waals surface area contributed by atoms with Crippen molar-refractivity contribution in [3.8, 4) is 12.3 Å². The van der Waals surface area contributed by atoms with E-state index in [1.807, 2.05) is 31.2 Å². The maximum atomic E-state index is 11.8. The lowest BCUT2D eigenvalue weighted by Gasteiger charge is -2.12. The van der Waals surface area contributed by atoms with Gasteiger partial charge in [0.2, 0.25) is 0 Å². The predicted molar refractivity (Wildman–Crippen MR) is 71.1 cm³/mol. The number of fused-ring (bicyclic) bond motifs is 1. The number of aromatic amines is 1. The second kappa shape index (κ2) is 4.75. The van der Waals surface area contributed by atoms with Gasteiger partial charge in [-0.25, -0.2) is 0 Å². The number of nitrogens with one attached hydrogen (secondary N) is 2. The largest absolute Gasteiger partial charge is 0.358 e. The summed E-state index contributed by atoms with van der Waals surface area (Å²) in [4.78, 5) is 14.6. The van der Waals surface area contributed by atoms with E-state index in [0.29, 0.717) is 11.2 Å². The number of anilines is 1. The van der Waals surface area contributed by atoms with Crippen LogP contribution in [0.3, 0.4) is 0 Å². The molecule has 0 saturated carbocycles. The highest BCUT2D eigenvalue weighted by Crippen LogP contribution is 2.13. The fourth-order valence-electron chi connectivity index (χ4n) is 1.74. The fraction of sp³-hybridized carbons (Fsp3) is 0.214. The molecular weight excluding hydrogens is 212 g/mol. The van der Waals surface area contributed by atoms with Crippen LogP contribution in [0, 0.1) is 12.3 Å². The van der Waals surface area contributed by atoms with E-state index in [0.717, 1.165) is 11.8 Å². The molecule has 0 saturated heterocycles. The maximum Gasteiger partial charge on any atom is 0.257 e. The highest BCUT2D eigenvalue weighted by atomic mass is 16.1. The van der Waals surface area contributed by atoms with Crippen LogP contribution in [0.15, 0.2) is 35.1 Å². The van der Waals surface area contributed by atoms with E-state index in [-0.39, 0.29) is 11.6 Å². The number of aromatic nitrogens is 1. The van der Waals surface area contributed by atoms with Crippen molar-refractivity contribution in [1.29, 1.82) is 0 Å². The molecule has 0 amide bonds. The van der Waals surface area contributed by atoms with Gasteiger partial charge in [-0.05, 0) is 23.9 Å². The van der Waals surface area contributed by atoms with Crippen molar-refractivity contribution >= 4 is 16.6 Å². The Labute approximate surface area is 99.9 Å². The molecule has 0 aliphatic heterocycles. The molecule has 0 radical (unpaired) electrons. The predicted octanol–water partition coefficient (Wildman–Crippen LogP) is 2.35. The van der Waals surface area contributed by atoms with Gasteiger partial charge in [0.05, 0.1) is 6.04 Å². The third-order valence-corrected chi connectivity index (χ3v) is 2.69. The molecule has 0 bridgehead atoms. The van der Waals surface area contributed by atoms with Gasteiger partial charge >= 0.3 is 0 Å². The molecule has 1 heterocycles. The summed E-state index contributed by atoms with van der Waals surface area (Å²) >= 11 is 0. The van der Waals surface area contributed by atoms with Crippen molar-refractivity contribution in [1.82, 2.24) is 4.98 Å². The summed E-state index contributed by atoms with van der Waals surface area (Å²) in [6, 6.07) is 9.30. The minimum absolute atomic E-state index is 0.0631. The SMILES string of the molecule is C#CC(CC)Nc1cc2ccccc2c(=O)[nH]1. The lowest BCUT2D eigenvalue weighted by Crippen LogP contribution is -2.19. The average molecular weight is 226 g/mol. The molecule has 1 aromatic heterocycles. The highest BCUT2D eigenvalue weighted by Gasteiger charge is 2.04. The summed E-state index contributed by atoms with van der Waals surface area (Å²) in [5, 5.41) is 4.71. The summed E-state index contributed by atoms with van der Waals surface area (Å²) in [5.41, 5.74) is -0.0996. The van der Waals surface area contributed by atoms with Crippen molar-refractivity contribution in [2.75, 3.05) is 5.32 Å². The Balaban J connectivity index is 2.44. The summed E-state index contributed by atoms with van der Waals surface area (Å²) in [6.07, 6.45) is 6.19. The zero-order chi connectivity index (χ0) is 12.3. The molecule has 1 atom stereocenters. The van der Waals surface area contributed by atoms with Crippen LogP contribution >= 0.6 is 0 Å². The smallest absolute Gasteiger partial charge is 0.257 e. The van der Waals surface area contributed by atoms with Crippen LogP contribution < -0.4 is 10.9 Å². The van der Waals surface area contributed by atoms with Gasteiger partial charge in [-0.3, -0.25) is 4.79 Å². The van der Waals surface area contributed by atoms with E-state index in [1.165, 1.54) is 0 Å². The van der Waals surface area contributed by atoms with Gasteiger partial charge in [0.25, 0.3) is 5.56 Å². The molecule has 2 rings (SSSR count). The van der Waals surface area contributed by atoms with Crippen molar-refractivity contribution < 1.29 is 0 Å². The normalized spacial score (nSPS) is 12.0. The standard InChI is InChI=1S/C14H14N2O/c1-3-11(4-2)15-13-9-10-7-5-6-8-12(10)14(17)16-13/h1,5-9,11H,4H2,2H3,(H2,15,16,17). The van der Waals surface area contributed by atoms with Gasteiger partial charge in [0.1, 0.15) is 5.82 Å². The Kier molecular flexibility index (Phi) is 3.15. The van der Waals surface area contributed by atoms with E-state index < -0.39 is 0 Å². The van der Waals surface area contributed by atoms with Gasteiger partial charge < -0.3 is 10.3 Å². The van der Waals surface area contributed by atoms with Gasteiger partial charge in [0, 0.05) is 5.39 Å². The van der Waals surface area contributed by atoms with Gasteiger partial charge in [-0.1, -0.05) is 31.0 Å². The molecule has 17 heavy (non-hydrogen) atoms. The van der Waals surface area contributed by atoms with Crippen molar-refractivity contribution in [3.63, 3.8) is 0 Å². The Morgan fingerprint density at radius 2 is 2.24 bits per heavy atom. The molecule has 3 heteroatoms. The minimum Gasteiger partial charge on any atom is -0.358 e. The molecule has 1 aromatic carbocycles. The number of rotatable bonds is 3. The second-order valence-corrected chi connectivity index (χ2v) is 3.87. The summed E-state index contributed by atoms with van der Waals surface area (Å²) in [7, 11) is 0. The molecule has 0 aliphatic rings. The van der Waals surface area contributed by atoms with Crippen LogP contribution in [-0.4, -0.2) is 11.0 Å². The minimum atomic E-state index is -0.0996. The third-order valence-electron chi connectivity index (χ3n) is 2.69. The first-order valence-electron chi connectivity index (χ1n) is 5.59.